The Labute approximate surface area is 60.8 Å². The van der Waals surface area contributed by atoms with E-state index in [2.05, 4.69) is 11.3 Å². The highest BCUT2D eigenvalue weighted by molar-refractivity contribution is 5.67. The van der Waals surface area contributed by atoms with E-state index in [9.17, 15) is 18.0 Å². The van der Waals surface area contributed by atoms with Crippen molar-refractivity contribution in [1.29, 1.82) is 0 Å². The molecule has 0 aromatic rings. The van der Waals surface area contributed by atoms with Gasteiger partial charge >= 0.3 is 12.3 Å². The lowest BCUT2D eigenvalue weighted by atomic mass is 10.6. The summed E-state index contributed by atoms with van der Waals surface area (Å²) in [6, 6.07) is 0. The van der Waals surface area contributed by atoms with Gasteiger partial charge in [0.25, 0.3) is 0 Å². The molecule has 0 aliphatic rings. The van der Waals surface area contributed by atoms with E-state index in [1.165, 1.54) is 5.32 Å². The van der Waals surface area contributed by atoms with Crippen LogP contribution in [0.2, 0.25) is 0 Å². The number of hydrogen-bond donors (Lipinski definition) is 1. The van der Waals surface area contributed by atoms with E-state index in [-0.39, 0.29) is 0 Å². The molecule has 0 saturated heterocycles. The van der Waals surface area contributed by atoms with Gasteiger partial charge in [-0.3, -0.25) is 0 Å². The summed E-state index contributed by atoms with van der Waals surface area (Å²) < 4.78 is 38.0. The van der Waals surface area contributed by atoms with Gasteiger partial charge in [-0.15, -0.1) is 0 Å². The van der Waals surface area contributed by atoms with Crippen molar-refractivity contribution in [3.8, 4) is 0 Å². The molecule has 0 aromatic carbocycles. The molecule has 11 heavy (non-hydrogen) atoms. The summed E-state index contributed by atoms with van der Waals surface area (Å²) in [5.74, 6) is 0. The summed E-state index contributed by atoms with van der Waals surface area (Å²) in [6.45, 7) is 1.58. The number of halogens is 3. The number of ether oxygens (including phenoxy) is 1. The van der Waals surface area contributed by atoms with Crippen LogP contribution in [0.3, 0.4) is 0 Å². The Morgan fingerprint density at radius 3 is 2.55 bits per heavy atom. The van der Waals surface area contributed by atoms with Gasteiger partial charge in [-0.05, 0) is 0 Å². The molecule has 3 nitrogen and oxygen atoms in total. The Hall–Kier alpha value is -1.20. The molecular formula is C5H6F3NO2. The quantitative estimate of drug-likeness (QED) is 0.635. The Balaban J connectivity index is 3.54. The second kappa shape index (κ2) is 3.85. The topological polar surface area (TPSA) is 38.3 Å². The second-order valence-electron chi connectivity index (χ2n) is 1.54. The Bertz CT molecular complexity index is 154. The van der Waals surface area contributed by atoms with Gasteiger partial charge in [0.1, 0.15) is 6.54 Å². The molecule has 0 aliphatic heterocycles. The van der Waals surface area contributed by atoms with Crippen molar-refractivity contribution in [2.75, 3.05) is 6.54 Å². The number of alkyl halides is 3. The minimum absolute atomic E-state index is 0.742. The van der Waals surface area contributed by atoms with Crippen molar-refractivity contribution < 1.29 is 22.7 Å². The van der Waals surface area contributed by atoms with Gasteiger partial charge in [-0.25, -0.2) is 4.79 Å². The van der Waals surface area contributed by atoms with E-state index < -0.39 is 18.8 Å². The Morgan fingerprint density at radius 1 is 1.64 bits per heavy atom. The number of nitrogens with one attached hydrogen (secondary N) is 1. The van der Waals surface area contributed by atoms with Crippen LogP contribution in [-0.2, 0) is 4.74 Å². The largest absolute Gasteiger partial charge is 0.419 e. The first-order valence-electron chi connectivity index (χ1n) is 2.58. The molecule has 0 bridgehead atoms. The van der Waals surface area contributed by atoms with Gasteiger partial charge in [0, 0.05) is 0 Å². The highest BCUT2D eigenvalue weighted by Crippen LogP contribution is 2.11. The Kier molecular flexibility index (Phi) is 3.43. The minimum atomic E-state index is -4.42. The van der Waals surface area contributed by atoms with Gasteiger partial charge < -0.3 is 10.1 Å². The van der Waals surface area contributed by atoms with E-state index in [0.29, 0.717) is 0 Å². The zero-order valence-corrected chi connectivity index (χ0v) is 5.44. The summed E-state index contributed by atoms with van der Waals surface area (Å²) in [7, 11) is 0. The molecule has 0 atom stereocenters. The molecule has 0 aromatic heterocycles. The zero-order valence-electron chi connectivity index (χ0n) is 5.44. The highest BCUT2D eigenvalue weighted by atomic mass is 19.4. The number of rotatable bonds is 2. The van der Waals surface area contributed by atoms with E-state index in [1.807, 2.05) is 0 Å². The molecule has 1 N–H and O–H groups in total. The third-order valence-corrected chi connectivity index (χ3v) is 0.624. The van der Waals surface area contributed by atoms with Crippen molar-refractivity contribution >= 4 is 6.09 Å². The number of carbonyl (C=O) groups is 1. The van der Waals surface area contributed by atoms with Gasteiger partial charge in [0.2, 0.25) is 0 Å². The normalized spacial score (nSPS) is 10.5. The summed E-state index contributed by atoms with van der Waals surface area (Å²) in [5, 5.41) is 1.47. The lowest BCUT2D eigenvalue weighted by Crippen LogP contribution is -2.33. The third-order valence-electron chi connectivity index (χ3n) is 0.624. The summed E-state index contributed by atoms with van der Waals surface area (Å²) >= 11 is 0. The summed E-state index contributed by atoms with van der Waals surface area (Å²) in [4.78, 5) is 10.2. The van der Waals surface area contributed by atoms with Crippen LogP contribution in [0.4, 0.5) is 18.0 Å². The first-order chi connectivity index (χ1) is 4.95. The van der Waals surface area contributed by atoms with Crippen LogP contribution in [0.1, 0.15) is 0 Å². The molecule has 0 fully saturated rings. The molecule has 0 radical (unpaired) electrons. The fourth-order valence-electron chi connectivity index (χ4n) is 0.290. The molecule has 0 saturated carbocycles. The van der Waals surface area contributed by atoms with Crippen LogP contribution in [0.25, 0.3) is 0 Å². The van der Waals surface area contributed by atoms with Crippen LogP contribution >= 0.6 is 0 Å². The van der Waals surface area contributed by atoms with Crippen molar-refractivity contribution in [3.63, 3.8) is 0 Å². The van der Waals surface area contributed by atoms with Crippen LogP contribution in [-0.4, -0.2) is 18.8 Å². The van der Waals surface area contributed by atoms with E-state index in [0.717, 1.165) is 6.26 Å². The zero-order chi connectivity index (χ0) is 8.91. The average Bonchev–Trinajstić information content (AvgIpc) is 1.83. The molecule has 64 valence electrons. The van der Waals surface area contributed by atoms with E-state index in [1.54, 1.807) is 0 Å². The molecule has 1 amide bonds. The van der Waals surface area contributed by atoms with E-state index in [4.69, 9.17) is 0 Å². The van der Waals surface area contributed by atoms with Crippen LogP contribution in [0, 0.1) is 0 Å². The van der Waals surface area contributed by atoms with Crippen molar-refractivity contribution in [2.45, 2.75) is 6.18 Å². The predicted molar refractivity (Wildman–Crippen MR) is 30.7 cm³/mol. The van der Waals surface area contributed by atoms with Gasteiger partial charge in [0.05, 0.1) is 6.26 Å². The lowest BCUT2D eigenvalue weighted by molar-refractivity contribution is -0.123. The number of alkyl carbamates (subject to hydrolysis) is 1. The maximum absolute atomic E-state index is 11.4. The number of amides is 1. The van der Waals surface area contributed by atoms with Gasteiger partial charge in [0.15, 0.2) is 0 Å². The summed E-state index contributed by atoms with van der Waals surface area (Å²) in [5.41, 5.74) is 0. The maximum atomic E-state index is 11.4. The fourth-order valence-corrected chi connectivity index (χ4v) is 0.290. The first kappa shape index (κ1) is 9.80. The fraction of sp³-hybridized carbons (Fsp3) is 0.400. The maximum Gasteiger partial charge on any atom is 0.412 e. The Morgan fingerprint density at radius 2 is 2.18 bits per heavy atom. The molecule has 0 rings (SSSR count). The second-order valence-corrected chi connectivity index (χ2v) is 1.54. The number of carbonyl (C=O) groups excluding carboxylic acids is 1. The van der Waals surface area contributed by atoms with Crippen molar-refractivity contribution in [1.82, 2.24) is 5.32 Å². The third kappa shape index (κ3) is 6.69. The van der Waals surface area contributed by atoms with Crippen LogP contribution < -0.4 is 5.32 Å². The molecule has 0 heterocycles. The smallest absolute Gasteiger partial charge is 0.412 e. The molecule has 6 heteroatoms. The standard InChI is InChI=1S/C5H6F3NO2/c1-2-11-4(10)9-3-5(6,7)8/h2H,1,3H2,(H,9,10). The van der Waals surface area contributed by atoms with Crippen LogP contribution in [0.5, 0.6) is 0 Å². The summed E-state index contributed by atoms with van der Waals surface area (Å²) in [6.07, 6.45) is -4.84. The number of hydrogen-bond acceptors (Lipinski definition) is 2. The molecule has 0 unspecified atom stereocenters. The SMILES string of the molecule is C=COC(=O)NCC(F)(F)F. The predicted octanol–water partition coefficient (Wildman–Crippen LogP) is 1.42. The average molecular weight is 169 g/mol. The van der Waals surface area contributed by atoms with Crippen molar-refractivity contribution in [3.05, 3.63) is 12.8 Å². The van der Waals surface area contributed by atoms with Crippen LogP contribution in [0.15, 0.2) is 12.8 Å². The first-order valence-corrected chi connectivity index (χ1v) is 2.58. The lowest BCUT2D eigenvalue weighted by Gasteiger charge is -2.06. The molecule has 0 aliphatic carbocycles. The molecule has 0 spiro atoms. The van der Waals surface area contributed by atoms with Gasteiger partial charge in [-0.1, -0.05) is 6.58 Å². The molecular weight excluding hydrogens is 163 g/mol. The minimum Gasteiger partial charge on any atom is -0.419 e. The van der Waals surface area contributed by atoms with E-state index >= 15 is 0 Å². The monoisotopic (exact) mass is 169 g/mol. The van der Waals surface area contributed by atoms with Gasteiger partial charge in [-0.2, -0.15) is 13.2 Å². The highest BCUT2D eigenvalue weighted by Gasteiger charge is 2.27. The van der Waals surface area contributed by atoms with Crippen molar-refractivity contribution in [2.24, 2.45) is 0 Å².